The van der Waals surface area contributed by atoms with Crippen molar-refractivity contribution in [3.05, 3.63) is 36.5 Å². The van der Waals surface area contributed by atoms with E-state index in [2.05, 4.69) is 13.5 Å². The number of aliphatic hydroxyl groups excluding tert-OH is 2. The number of carbonyl (C=O) groups is 1. The molecule has 1 fully saturated rings. The molecule has 1 saturated carbocycles. The summed E-state index contributed by atoms with van der Waals surface area (Å²) in [7, 11) is 0. The predicted octanol–water partition coefficient (Wildman–Crippen LogP) is 4.24. The third-order valence-corrected chi connectivity index (χ3v) is 4.88. The van der Waals surface area contributed by atoms with Crippen LogP contribution in [0.5, 0.6) is 0 Å². The van der Waals surface area contributed by atoms with E-state index in [1.165, 1.54) is 0 Å². The zero-order chi connectivity index (χ0) is 18.7. The van der Waals surface area contributed by atoms with Crippen LogP contribution in [0.4, 0.5) is 0 Å². The molecule has 142 valence electrons. The lowest BCUT2D eigenvalue weighted by atomic mass is 9.89. The second-order valence-electron chi connectivity index (χ2n) is 7.06. The quantitative estimate of drug-likeness (QED) is 0.363. The van der Waals surface area contributed by atoms with E-state index in [1.807, 2.05) is 24.3 Å². The molecule has 0 saturated heterocycles. The van der Waals surface area contributed by atoms with Gasteiger partial charge in [-0.1, -0.05) is 62.6 Å². The summed E-state index contributed by atoms with van der Waals surface area (Å²) in [5.41, 5.74) is 1.02. The Morgan fingerprint density at radius 2 is 2.08 bits per heavy atom. The van der Waals surface area contributed by atoms with Gasteiger partial charge < -0.3 is 15.3 Å². The molecule has 0 aromatic heterocycles. The van der Waals surface area contributed by atoms with Gasteiger partial charge in [0.05, 0.1) is 12.2 Å². The Morgan fingerprint density at radius 3 is 2.76 bits per heavy atom. The molecular formula is C21H34O4. The van der Waals surface area contributed by atoms with Gasteiger partial charge in [-0.15, -0.1) is 0 Å². The Balaban J connectivity index is 2.48. The lowest BCUT2D eigenvalue weighted by Crippen LogP contribution is -2.18. The third kappa shape index (κ3) is 8.50. The van der Waals surface area contributed by atoms with Crippen molar-refractivity contribution >= 4 is 5.97 Å². The number of aliphatic carboxylic acids is 1. The number of unbranched alkanes of at least 4 members (excludes halogenated alkanes) is 3. The number of carboxylic acid groups (broad SMARTS) is 1. The number of hydrogen-bond acceptors (Lipinski definition) is 3. The fourth-order valence-corrected chi connectivity index (χ4v) is 3.37. The number of allylic oxidation sites excluding steroid dienone is 3. The van der Waals surface area contributed by atoms with E-state index < -0.39 is 18.2 Å². The van der Waals surface area contributed by atoms with Crippen LogP contribution in [0.3, 0.4) is 0 Å². The smallest absolute Gasteiger partial charge is 0.303 e. The Bertz CT molecular complexity index is 467. The van der Waals surface area contributed by atoms with E-state index in [-0.39, 0.29) is 18.3 Å². The van der Waals surface area contributed by atoms with Crippen LogP contribution in [0.15, 0.2) is 36.5 Å². The highest BCUT2D eigenvalue weighted by atomic mass is 16.4. The molecule has 0 radical (unpaired) electrons. The van der Waals surface area contributed by atoms with E-state index in [1.54, 1.807) is 0 Å². The molecule has 0 bridgehead atoms. The molecule has 4 atom stereocenters. The lowest BCUT2D eigenvalue weighted by Gasteiger charge is -2.18. The lowest BCUT2D eigenvalue weighted by molar-refractivity contribution is -0.137. The van der Waals surface area contributed by atoms with Crippen LogP contribution in [0.2, 0.25) is 0 Å². The van der Waals surface area contributed by atoms with Crippen molar-refractivity contribution in [2.24, 2.45) is 11.8 Å². The second-order valence-corrected chi connectivity index (χ2v) is 7.06. The molecule has 3 N–H and O–H groups in total. The van der Waals surface area contributed by atoms with Gasteiger partial charge in [0.15, 0.2) is 0 Å². The minimum atomic E-state index is -0.765. The Kier molecular flexibility index (Phi) is 10.4. The van der Waals surface area contributed by atoms with Gasteiger partial charge in [-0.05, 0) is 38.0 Å². The van der Waals surface area contributed by atoms with Crippen LogP contribution in [0.1, 0.15) is 64.7 Å². The standard InChI is InChI=1S/C21H34O4/c1-3-4-7-10-17(22)13-14-18-16(2)15-20(23)19(18)11-8-5-6-9-12-21(24)25/h5,8,13-14,17-20,22-23H,2-4,6-7,9-12,15H2,1H3,(H,24,25)/b8-5-,14-13+/t17-,18-,19-,20-/m0/s1. The number of aliphatic hydroxyl groups is 2. The van der Waals surface area contributed by atoms with Crippen LogP contribution in [0.25, 0.3) is 0 Å². The molecule has 4 heteroatoms. The summed E-state index contributed by atoms with van der Waals surface area (Å²) >= 11 is 0. The molecule has 1 aliphatic rings. The maximum atomic E-state index is 10.5. The van der Waals surface area contributed by atoms with Gasteiger partial charge >= 0.3 is 5.97 Å². The van der Waals surface area contributed by atoms with Crippen LogP contribution < -0.4 is 0 Å². The summed E-state index contributed by atoms with van der Waals surface area (Å²) in [6.45, 7) is 6.23. The highest BCUT2D eigenvalue weighted by molar-refractivity contribution is 5.66. The maximum absolute atomic E-state index is 10.5. The maximum Gasteiger partial charge on any atom is 0.303 e. The van der Waals surface area contributed by atoms with Crippen molar-refractivity contribution in [3.63, 3.8) is 0 Å². The summed E-state index contributed by atoms with van der Waals surface area (Å²) in [6.07, 6.45) is 14.1. The van der Waals surface area contributed by atoms with Crippen LogP contribution in [0, 0.1) is 11.8 Å². The topological polar surface area (TPSA) is 77.8 Å². The molecule has 0 amide bonds. The van der Waals surface area contributed by atoms with Crippen molar-refractivity contribution in [2.45, 2.75) is 76.9 Å². The van der Waals surface area contributed by atoms with Crippen molar-refractivity contribution < 1.29 is 20.1 Å². The van der Waals surface area contributed by atoms with Gasteiger partial charge in [0.2, 0.25) is 0 Å². The summed E-state index contributed by atoms with van der Waals surface area (Å²) in [5, 5.41) is 28.9. The largest absolute Gasteiger partial charge is 0.481 e. The molecule has 1 rings (SSSR count). The second kappa shape index (κ2) is 12.0. The van der Waals surface area contributed by atoms with Gasteiger partial charge in [-0.25, -0.2) is 0 Å². The third-order valence-electron chi connectivity index (χ3n) is 4.88. The van der Waals surface area contributed by atoms with E-state index in [9.17, 15) is 15.0 Å². The first-order valence-corrected chi connectivity index (χ1v) is 9.54. The Labute approximate surface area is 152 Å². The minimum Gasteiger partial charge on any atom is -0.481 e. The van der Waals surface area contributed by atoms with E-state index >= 15 is 0 Å². The fraction of sp³-hybridized carbons (Fsp3) is 0.667. The minimum absolute atomic E-state index is 0.0855. The van der Waals surface area contributed by atoms with Crippen LogP contribution in [-0.2, 0) is 4.79 Å². The average molecular weight is 350 g/mol. The normalized spacial score (nSPS) is 25.2. The number of hydrogen-bond donors (Lipinski definition) is 3. The first-order chi connectivity index (χ1) is 12.0. The summed E-state index contributed by atoms with van der Waals surface area (Å²) in [4.78, 5) is 10.5. The first kappa shape index (κ1) is 21.7. The zero-order valence-electron chi connectivity index (χ0n) is 15.4. The molecule has 0 heterocycles. The van der Waals surface area contributed by atoms with Crippen LogP contribution in [-0.4, -0.2) is 33.5 Å². The molecule has 25 heavy (non-hydrogen) atoms. The molecule has 1 aliphatic carbocycles. The van der Waals surface area contributed by atoms with E-state index in [4.69, 9.17) is 5.11 Å². The molecule has 0 aromatic rings. The first-order valence-electron chi connectivity index (χ1n) is 9.54. The summed E-state index contributed by atoms with van der Waals surface area (Å²) < 4.78 is 0. The fourth-order valence-electron chi connectivity index (χ4n) is 3.37. The van der Waals surface area contributed by atoms with E-state index in [0.29, 0.717) is 12.8 Å². The molecule has 0 spiro atoms. The monoisotopic (exact) mass is 350 g/mol. The van der Waals surface area contributed by atoms with Crippen molar-refractivity contribution in [1.29, 1.82) is 0 Å². The Morgan fingerprint density at radius 1 is 1.32 bits per heavy atom. The summed E-state index contributed by atoms with van der Waals surface area (Å²) in [6, 6.07) is 0. The highest BCUT2D eigenvalue weighted by Gasteiger charge is 2.35. The average Bonchev–Trinajstić information content (AvgIpc) is 2.82. The van der Waals surface area contributed by atoms with Crippen molar-refractivity contribution in [3.8, 4) is 0 Å². The van der Waals surface area contributed by atoms with Gasteiger partial charge in [0.25, 0.3) is 0 Å². The zero-order valence-corrected chi connectivity index (χ0v) is 15.4. The van der Waals surface area contributed by atoms with Gasteiger partial charge in [0.1, 0.15) is 0 Å². The van der Waals surface area contributed by atoms with Crippen molar-refractivity contribution in [2.75, 3.05) is 0 Å². The molecule has 0 aromatic carbocycles. The molecular weight excluding hydrogens is 316 g/mol. The molecule has 4 nitrogen and oxygen atoms in total. The van der Waals surface area contributed by atoms with Gasteiger partial charge in [0, 0.05) is 12.3 Å². The summed E-state index contributed by atoms with van der Waals surface area (Å²) in [5.74, 6) is -0.583. The van der Waals surface area contributed by atoms with Gasteiger partial charge in [-0.3, -0.25) is 4.79 Å². The Hall–Kier alpha value is -1.39. The predicted molar refractivity (Wildman–Crippen MR) is 101 cm³/mol. The number of rotatable bonds is 12. The van der Waals surface area contributed by atoms with Gasteiger partial charge in [-0.2, -0.15) is 0 Å². The van der Waals surface area contributed by atoms with E-state index in [0.717, 1.165) is 44.1 Å². The molecule has 0 aliphatic heterocycles. The molecule has 0 unspecified atom stereocenters. The SMILES string of the molecule is C=C1C[C@H](O)[C@@H](C/C=C\CCCC(=O)O)[C@H]1/C=C/[C@@H](O)CCCCC. The number of carboxylic acids is 1. The van der Waals surface area contributed by atoms with Crippen LogP contribution >= 0.6 is 0 Å². The van der Waals surface area contributed by atoms with Crippen molar-refractivity contribution in [1.82, 2.24) is 0 Å². The highest BCUT2D eigenvalue weighted by Crippen LogP contribution is 2.39.